The Morgan fingerprint density at radius 3 is 2.50 bits per heavy atom. The van der Waals surface area contributed by atoms with Gasteiger partial charge in [-0.25, -0.2) is 0 Å². The van der Waals surface area contributed by atoms with Crippen molar-refractivity contribution in [2.24, 2.45) is 10.7 Å². The number of benzene rings is 1. The van der Waals surface area contributed by atoms with Gasteiger partial charge in [-0.1, -0.05) is 45.0 Å². The number of rotatable bonds is 9. The van der Waals surface area contributed by atoms with Crippen molar-refractivity contribution in [2.75, 3.05) is 26.3 Å². The Hall–Kier alpha value is -1.55. The van der Waals surface area contributed by atoms with Gasteiger partial charge in [-0.3, -0.25) is 4.99 Å². The number of hydrogen-bond donors (Lipinski definition) is 2. The highest BCUT2D eigenvalue weighted by Gasteiger charge is 2.20. The molecular formula is C18H31N3O. The Labute approximate surface area is 135 Å². The lowest BCUT2D eigenvalue weighted by Crippen LogP contribution is -2.34. The summed E-state index contributed by atoms with van der Waals surface area (Å²) in [7, 11) is 0. The number of ether oxygens (including phenoxy) is 1. The quantitative estimate of drug-likeness (QED) is 0.419. The van der Waals surface area contributed by atoms with Crippen LogP contribution in [-0.4, -0.2) is 32.3 Å². The molecule has 0 bridgehead atoms. The molecule has 0 amide bonds. The lowest BCUT2D eigenvalue weighted by Gasteiger charge is -2.23. The summed E-state index contributed by atoms with van der Waals surface area (Å²) in [5.41, 5.74) is 8.54. The van der Waals surface area contributed by atoms with Crippen molar-refractivity contribution in [3.8, 4) is 0 Å². The number of nitrogens with two attached hydrogens (primary N) is 1. The van der Waals surface area contributed by atoms with Gasteiger partial charge in [0.05, 0.1) is 6.54 Å². The van der Waals surface area contributed by atoms with Gasteiger partial charge in [-0.05, 0) is 30.9 Å². The molecule has 0 aromatic heterocycles. The van der Waals surface area contributed by atoms with E-state index in [-0.39, 0.29) is 5.41 Å². The van der Waals surface area contributed by atoms with Gasteiger partial charge >= 0.3 is 0 Å². The fraction of sp³-hybridized carbons (Fsp3) is 0.611. The van der Waals surface area contributed by atoms with Crippen molar-refractivity contribution in [2.45, 2.75) is 46.0 Å². The lowest BCUT2D eigenvalue weighted by molar-refractivity contribution is 0.145. The van der Waals surface area contributed by atoms with Crippen LogP contribution in [0.2, 0.25) is 0 Å². The van der Waals surface area contributed by atoms with Crippen molar-refractivity contribution in [3.63, 3.8) is 0 Å². The van der Waals surface area contributed by atoms with E-state index in [2.05, 4.69) is 55.3 Å². The lowest BCUT2D eigenvalue weighted by atomic mass is 9.84. The summed E-state index contributed by atoms with van der Waals surface area (Å²) in [5, 5.41) is 3.13. The maximum atomic E-state index is 5.92. The van der Waals surface area contributed by atoms with Crippen molar-refractivity contribution in [1.29, 1.82) is 0 Å². The van der Waals surface area contributed by atoms with E-state index in [0.29, 0.717) is 12.5 Å². The van der Waals surface area contributed by atoms with Crippen LogP contribution < -0.4 is 11.1 Å². The molecule has 3 N–H and O–H groups in total. The summed E-state index contributed by atoms with van der Waals surface area (Å²) in [5.74, 6) is 0.509. The Kier molecular flexibility index (Phi) is 7.96. The topological polar surface area (TPSA) is 59.6 Å². The smallest absolute Gasteiger partial charge is 0.188 e. The van der Waals surface area contributed by atoms with Crippen molar-refractivity contribution in [1.82, 2.24) is 5.32 Å². The number of guanidine groups is 1. The largest absolute Gasteiger partial charge is 0.382 e. The fourth-order valence-corrected chi connectivity index (χ4v) is 2.16. The molecule has 0 aliphatic carbocycles. The van der Waals surface area contributed by atoms with E-state index in [1.165, 1.54) is 11.1 Å². The van der Waals surface area contributed by atoms with E-state index < -0.39 is 0 Å². The Bertz CT molecular complexity index is 452. The predicted molar refractivity (Wildman–Crippen MR) is 94.4 cm³/mol. The first-order valence-corrected chi connectivity index (χ1v) is 8.20. The molecule has 0 saturated carbocycles. The Morgan fingerprint density at radius 1 is 1.23 bits per heavy atom. The van der Waals surface area contributed by atoms with Crippen LogP contribution in [0.1, 0.15) is 45.2 Å². The molecule has 0 unspecified atom stereocenters. The van der Waals surface area contributed by atoms with E-state index in [9.17, 15) is 0 Å². The highest BCUT2D eigenvalue weighted by atomic mass is 16.5. The van der Waals surface area contributed by atoms with Crippen LogP contribution in [0.4, 0.5) is 0 Å². The molecule has 0 radical (unpaired) electrons. The second-order valence-electron chi connectivity index (χ2n) is 6.11. The second kappa shape index (κ2) is 9.46. The summed E-state index contributed by atoms with van der Waals surface area (Å²) in [6.07, 6.45) is 2.00. The first-order valence-electron chi connectivity index (χ1n) is 8.20. The zero-order valence-corrected chi connectivity index (χ0v) is 14.5. The molecule has 22 heavy (non-hydrogen) atoms. The van der Waals surface area contributed by atoms with Gasteiger partial charge < -0.3 is 15.8 Å². The maximum absolute atomic E-state index is 5.92. The maximum Gasteiger partial charge on any atom is 0.188 e. The van der Waals surface area contributed by atoms with E-state index >= 15 is 0 Å². The molecule has 124 valence electrons. The first-order chi connectivity index (χ1) is 10.5. The fourth-order valence-electron chi connectivity index (χ4n) is 2.16. The highest BCUT2D eigenvalue weighted by molar-refractivity contribution is 5.77. The molecule has 1 rings (SSSR count). The number of nitrogens with zero attached hydrogens (tertiary/aromatic N) is 1. The Balaban J connectivity index is 2.46. The standard InChI is InChI=1S/C18H31N3O/c1-5-15-8-10-16(11-9-15)18(3,4)14-21-17(19)20-12-7-13-22-6-2/h8-11H,5-7,12-14H2,1-4H3,(H3,19,20,21). The molecular weight excluding hydrogens is 274 g/mol. The molecule has 0 spiro atoms. The number of hydrogen-bond acceptors (Lipinski definition) is 2. The number of aliphatic imine (C=N–C) groups is 1. The van der Waals surface area contributed by atoms with Crippen LogP contribution >= 0.6 is 0 Å². The summed E-state index contributed by atoms with van der Waals surface area (Å²) >= 11 is 0. The average Bonchev–Trinajstić information content (AvgIpc) is 2.53. The number of aryl methyl sites for hydroxylation is 1. The molecule has 0 aliphatic heterocycles. The van der Waals surface area contributed by atoms with E-state index in [0.717, 1.165) is 32.6 Å². The summed E-state index contributed by atoms with van der Waals surface area (Å²) in [6, 6.07) is 8.77. The molecule has 0 aliphatic rings. The molecule has 0 atom stereocenters. The van der Waals surface area contributed by atoms with Gasteiger partial charge in [-0.15, -0.1) is 0 Å². The minimum Gasteiger partial charge on any atom is -0.382 e. The minimum atomic E-state index is -0.0239. The van der Waals surface area contributed by atoms with Crippen LogP contribution in [0.25, 0.3) is 0 Å². The minimum absolute atomic E-state index is 0.0239. The monoisotopic (exact) mass is 305 g/mol. The van der Waals surface area contributed by atoms with Gasteiger partial charge in [0.2, 0.25) is 0 Å². The summed E-state index contributed by atoms with van der Waals surface area (Å²) in [6.45, 7) is 11.5. The van der Waals surface area contributed by atoms with Gasteiger partial charge in [0.15, 0.2) is 5.96 Å². The van der Waals surface area contributed by atoms with Gasteiger partial charge in [-0.2, -0.15) is 0 Å². The molecule has 0 saturated heterocycles. The van der Waals surface area contributed by atoms with Crippen molar-refractivity contribution >= 4 is 5.96 Å². The molecule has 4 heteroatoms. The zero-order chi connectivity index (χ0) is 16.4. The third-order valence-corrected chi connectivity index (χ3v) is 3.76. The molecule has 1 aromatic rings. The van der Waals surface area contributed by atoms with Gasteiger partial charge in [0, 0.05) is 25.2 Å². The zero-order valence-electron chi connectivity index (χ0n) is 14.5. The van der Waals surface area contributed by atoms with Crippen LogP contribution in [0.15, 0.2) is 29.3 Å². The highest BCUT2D eigenvalue weighted by Crippen LogP contribution is 2.23. The second-order valence-corrected chi connectivity index (χ2v) is 6.11. The third-order valence-electron chi connectivity index (χ3n) is 3.76. The van der Waals surface area contributed by atoms with Gasteiger partial charge in [0.1, 0.15) is 0 Å². The van der Waals surface area contributed by atoms with Gasteiger partial charge in [0.25, 0.3) is 0 Å². The number of nitrogens with one attached hydrogen (secondary N) is 1. The molecule has 4 nitrogen and oxygen atoms in total. The summed E-state index contributed by atoms with van der Waals surface area (Å²) < 4.78 is 5.29. The predicted octanol–water partition coefficient (Wildman–Crippen LogP) is 2.86. The summed E-state index contributed by atoms with van der Waals surface area (Å²) in [4.78, 5) is 4.48. The third kappa shape index (κ3) is 6.48. The Morgan fingerprint density at radius 2 is 1.91 bits per heavy atom. The molecule has 0 heterocycles. The van der Waals surface area contributed by atoms with E-state index in [1.807, 2.05) is 6.92 Å². The molecule has 0 fully saturated rings. The van der Waals surface area contributed by atoms with Crippen LogP contribution in [0.3, 0.4) is 0 Å². The van der Waals surface area contributed by atoms with Crippen LogP contribution in [0.5, 0.6) is 0 Å². The molecule has 1 aromatic carbocycles. The normalized spacial score (nSPS) is 12.5. The SMILES string of the molecule is CCOCCCNC(N)=NCC(C)(C)c1ccc(CC)cc1. The van der Waals surface area contributed by atoms with E-state index in [1.54, 1.807) is 0 Å². The van der Waals surface area contributed by atoms with Crippen LogP contribution in [-0.2, 0) is 16.6 Å². The first kappa shape index (κ1) is 18.5. The van der Waals surface area contributed by atoms with Crippen LogP contribution in [0, 0.1) is 0 Å². The van der Waals surface area contributed by atoms with Crippen molar-refractivity contribution < 1.29 is 4.74 Å². The average molecular weight is 305 g/mol. The van der Waals surface area contributed by atoms with E-state index in [4.69, 9.17) is 10.5 Å². The van der Waals surface area contributed by atoms with Crippen molar-refractivity contribution in [3.05, 3.63) is 35.4 Å².